The average molecular weight is 328 g/mol. The third kappa shape index (κ3) is 4.00. The molecular formula is C18H24N4O2. The molecule has 0 unspecified atom stereocenters. The lowest BCUT2D eigenvalue weighted by molar-refractivity contribution is -0.146. The van der Waals surface area contributed by atoms with E-state index in [1.54, 1.807) is 11.0 Å². The maximum Gasteiger partial charge on any atom is 0.310 e. The zero-order valence-electron chi connectivity index (χ0n) is 14.0. The van der Waals surface area contributed by atoms with E-state index in [4.69, 9.17) is 4.74 Å². The zero-order chi connectivity index (χ0) is 16.8. The number of hydrogen-bond donors (Lipinski definition) is 1. The van der Waals surface area contributed by atoms with Crippen molar-refractivity contribution in [3.63, 3.8) is 0 Å². The first-order valence-corrected chi connectivity index (χ1v) is 8.55. The summed E-state index contributed by atoms with van der Waals surface area (Å²) in [6.07, 6.45) is 6.98. The van der Waals surface area contributed by atoms with Crippen LogP contribution in [0.15, 0.2) is 36.7 Å². The largest absolute Gasteiger partial charge is 0.469 e. The molecule has 6 nitrogen and oxygen atoms in total. The van der Waals surface area contributed by atoms with Gasteiger partial charge in [0.15, 0.2) is 5.82 Å². The van der Waals surface area contributed by atoms with Gasteiger partial charge in [-0.2, -0.15) is 0 Å². The molecule has 128 valence electrons. The van der Waals surface area contributed by atoms with Gasteiger partial charge in [0, 0.05) is 6.04 Å². The lowest BCUT2D eigenvalue weighted by Crippen LogP contribution is -2.39. The Morgan fingerprint density at radius 3 is 2.83 bits per heavy atom. The van der Waals surface area contributed by atoms with E-state index >= 15 is 0 Å². The molecule has 1 N–H and O–H groups in total. The molecule has 2 aromatic rings. The van der Waals surface area contributed by atoms with Gasteiger partial charge >= 0.3 is 5.97 Å². The number of carbonyl (C=O) groups excluding carboxylic acids is 1. The first-order valence-electron chi connectivity index (χ1n) is 8.55. The van der Waals surface area contributed by atoms with Gasteiger partial charge in [0.05, 0.1) is 25.3 Å². The highest BCUT2D eigenvalue weighted by molar-refractivity contribution is 5.73. The Labute approximate surface area is 142 Å². The minimum atomic E-state index is -0.114. The lowest BCUT2D eigenvalue weighted by Gasteiger charge is -2.23. The third-order valence-corrected chi connectivity index (χ3v) is 4.60. The van der Waals surface area contributed by atoms with Gasteiger partial charge in [-0.15, -0.1) is 5.10 Å². The number of benzene rings is 1. The van der Waals surface area contributed by atoms with Gasteiger partial charge in [0.25, 0.3) is 0 Å². The van der Waals surface area contributed by atoms with Gasteiger partial charge in [-0.25, -0.2) is 9.67 Å². The van der Waals surface area contributed by atoms with Gasteiger partial charge < -0.3 is 10.1 Å². The predicted octanol–water partition coefficient (Wildman–Crippen LogP) is 2.48. The average Bonchev–Trinajstić information content (AvgIpc) is 2.98. The molecule has 1 aromatic heterocycles. The number of nitrogens with zero attached hydrogens (tertiary/aromatic N) is 3. The van der Waals surface area contributed by atoms with Gasteiger partial charge in [0.2, 0.25) is 0 Å². The molecule has 1 heterocycles. The number of aromatic nitrogens is 3. The maximum absolute atomic E-state index is 12.0. The minimum absolute atomic E-state index is 0.0753. The first-order chi connectivity index (χ1) is 11.8. The topological polar surface area (TPSA) is 69.0 Å². The van der Waals surface area contributed by atoms with E-state index in [9.17, 15) is 4.79 Å². The number of methoxy groups -OCH3 is 1. The molecule has 0 aliphatic heterocycles. The number of ether oxygens (including phenoxy) is 1. The van der Waals surface area contributed by atoms with Crippen LogP contribution in [0.1, 0.15) is 37.9 Å². The van der Waals surface area contributed by atoms with Gasteiger partial charge in [-0.1, -0.05) is 37.5 Å². The highest BCUT2D eigenvalue weighted by atomic mass is 16.5. The molecule has 0 radical (unpaired) electrons. The van der Waals surface area contributed by atoms with Crippen molar-refractivity contribution in [1.29, 1.82) is 0 Å². The summed E-state index contributed by atoms with van der Waals surface area (Å²) in [5, 5.41) is 7.97. The van der Waals surface area contributed by atoms with Crippen molar-refractivity contribution in [3.8, 4) is 5.69 Å². The number of hydrogen-bond acceptors (Lipinski definition) is 5. The van der Waals surface area contributed by atoms with Crippen LogP contribution in [-0.2, 0) is 16.1 Å². The smallest absolute Gasteiger partial charge is 0.310 e. The standard InChI is InChI=1S/C18H24N4O2/c1-24-18(23)15-10-6-3-7-11-16(15)19-12-17-20-13-22(21-17)14-8-4-2-5-9-14/h2,4-5,8-9,13,15-16,19H,3,6-7,10-12H2,1H3/t15-,16-/m1/s1. The van der Waals surface area contributed by atoms with E-state index in [0.717, 1.165) is 37.2 Å². The zero-order valence-corrected chi connectivity index (χ0v) is 14.0. The maximum atomic E-state index is 12.0. The van der Waals surface area contributed by atoms with Crippen LogP contribution in [0.5, 0.6) is 0 Å². The fraction of sp³-hybridized carbons (Fsp3) is 0.500. The Bertz CT molecular complexity index is 656. The van der Waals surface area contributed by atoms with Crippen LogP contribution in [0, 0.1) is 5.92 Å². The van der Waals surface area contributed by atoms with Crippen LogP contribution < -0.4 is 5.32 Å². The molecule has 6 heteroatoms. The van der Waals surface area contributed by atoms with Crippen molar-refractivity contribution in [2.75, 3.05) is 7.11 Å². The van der Waals surface area contributed by atoms with Crippen molar-refractivity contribution < 1.29 is 9.53 Å². The van der Waals surface area contributed by atoms with E-state index < -0.39 is 0 Å². The second kappa shape index (κ2) is 8.06. The highest BCUT2D eigenvalue weighted by Gasteiger charge is 2.30. The predicted molar refractivity (Wildman–Crippen MR) is 90.6 cm³/mol. The summed E-state index contributed by atoms with van der Waals surface area (Å²) in [4.78, 5) is 16.4. The Hall–Kier alpha value is -2.21. The molecule has 1 aromatic carbocycles. The first kappa shape index (κ1) is 16.6. The molecule has 3 rings (SSSR count). The molecule has 0 amide bonds. The van der Waals surface area contributed by atoms with Gasteiger partial charge in [-0.3, -0.25) is 4.79 Å². The SMILES string of the molecule is COC(=O)[C@@H]1CCCCC[C@H]1NCc1ncn(-c2ccccc2)n1. The number of rotatable bonds is 5. The molecule has 0 spiro atoms. The van der Waals surface area contributed by atoms with Crippen molar-refractivity contribution in [3.05, 3.63) is 42.5 Å². The normalized spacial score (nSPS) is 21.2. The summed E-state index contributed by atoms with van der Waals surface area (Å²) in [6, 6.07) is 10.0. The van der Waals surface area contributed by atoms with E-state index in [1.807, 2.05) is 30.3 Å². The summed E-state index contributed by atoms with van der Waals surface area (Å²) in [5.41, 5.74) is 0.984. The van der Waals surface area contributed by atoms with Crippen LogP contribution in [-0.4, -0.2) is 33.9 Å². The van der Waals surface area contributed by atoms with E-state index in [2.05, 4.69) is 15.4 Å². The van der Waals surface area contributed by atoms with Gasteiger partial charge in [0.1, 0.15) is 6.33 Å². The van der Waals surface area contributed by atoms with Crippen LogP contribution >= 0.6 is 0 Å². The quantitative estimate of drug-likeness (QED) is 0.674. The molecule has 0 saturated heterocycles. The summed E-state index contributed by atoms with van der Waals surface area (Å²) < 4.78 is 6.74. The summed E-state index contributed by atoms with van der Waals surface area (Å²) in [6.45, 7) is 0.554. The van der Waals surface area contributed by atoms with Crippen molar-refractivity contribution in [1.82, 2.24) is 20.1 Å². The second-order valence-electron chi connectivity index (χ2n) is 6.20. The van der Waals surface area contributed by atoms with Gasteiger partial charge in [-0.05, 0) is 25.0 Å². The number of nitrogens with one attached hydrogen (secondary N) is 1. The molecule has 24 heavy (non-hydrogen) atoms. The molecule has 1 aliphatic rings. The Morgan fingerprint density at radius 2 is 2.04 bits per heavy atom. The third-order valence-electron chi connectivity index (χ3n) is 4.60. The highest BCUT2D eigenvalue weighted by Crippen LogP contribution is 2.24. The number of carbonyl (C=O) groups is 1. The van der Waals surface area contributed by atoms with E-state index in [-0.39, 0.29) is 17.9 Å². The van der Waals surface area contributed by atoms with Crippen molar-refractivity contribution in [2.24, 2.45) is 5.92 Å². The molecule has 2 atom stereocenters. The van der Waals surface area contributed by atoms with Crippen molar-refractivity contribution >= 4 is 5.97 Å². The lowest BCUT2D eigenvalue weighted by atomic mass is 9.95. The second-order valence-corrected chi connectivity index (χ2v) is 6.20. The molecule has 1 aliphatic carbocycles. The van der Waals surface area contributed by atoms with Crippen LogP contribution in [0.2, 0.25) is 0 Å². The fourth-order valence-electron chi connectivity index (χ4n) is 3.29. The molecule has 0 bridgehead atoms. The van der Waals surface area contributed by atoms with Crippen LogP contribution in [0.4, 0.5) is 0 Å². The molecule has 1 saturated carbocycles. The summed E-state index contributed by atoms with van der Waals surface area (Å²) in [7, 11) is 1.47. The Kier molecular flexibility index (Phi) is 5.59. The number of para-hydroxylation sites is 1. The van der Waals surface area contributed by atoms with E-state index in [1.165, 1.54) is 13.5 Å². The Morgan fingerprint density at radius 1 is 1.25 bits per heavy atom. The summed E-state index contributed by atoms with van der Waals surface area (Å²) >= 11 is 0. The van der Waals surface area contributed by atoms with Crippen molar-refractivity contribution in [2.45, 2.75) is 44.7 Å². The van der Waals surface area contributed by atoms with Crippen LogP contribution in [0.25, 0.3) is 5.69 Å². The molecule has 1 fully saturated rings. The monoisotopic (exact) mass is 328 g/mol. The fourth-order valence-corrected chi connectivity index (χ4v) is 3.29. The Balaban J connectivity index is 1.63. The summed E-state index contributed by atoms with van der Waals surface area (Å²) in [5.74, 6) is 0.539. The molecular weight excluding hydrogens is 304 g/mol. The van der Waals surface area contributed by atoms with E-state index in [0.29, 0.717) is 6.54 Å². The van der Waals surface area contributed by atoms with Crippen LogP contribution in [0.3, 0.4) is 0 Å². The minimum Gasteiger partial charge on any atom is -0.469 e. The number of esters is 1.